The van der Waals surface area contributed by atoms with Crippen LogP contribution in [0.4, 0.5) is 5.69 Å². The van der Waals surface area contributed by atoms with Crippen molar-refractivity contribution in [2.75, 3.05) is 4.72 Å². The summed E-state index contributed by atoms with van der Waals surface area (Å²) < 4.78 is 27.9. The molecule has 0 aliphatic heterocycles. The molecule has 0 aromatic heterocycles. The van der Waals surface area contributed by atoms with Crippen LogP contribution < -0.4 is 15.8 Å². The van der Waals surface area contributed by atoms with E-state index in [1.165, 1.54) is 12.1 Å². The molecule has 0 saturated heterocycles. The Kier molecular flexibility index (Phi) is 6.54. The van der Waals surface area contributed by atoms with Crippen LogP contribution in [0.2, 0.25) is 5.02 Å². The molecule has 172 valence electrons. The number of benzene rings is 4. The predicted molar refractivity (Wildman–Crippen MR) is 135 cm³/mol. The van der Waals surface area contributed by atoms with Crippen LogP contribution in [0.1, 0.15) is 21.5 Å². The first-order chi connectivity index (χ1) is 16.2. The van der Waals surface area contributed by atoms with E-state index in [-0.39, 0.29) is 16.6 Å². The molecular formula is C25H21ClN4O3S. The van der Waals surface area contributed by atoms with Gasteiger partial charge in [-0.2, -0.15) is 0 Å². The Hall–Kier alpha value is -3.88. The number of hydrogen-bond donors (Lipinski definition) is 4. The summed E-state index contributed by atoms with van der Waals surface area (Å²) in [5, 5.41) is 12.1. The van der Waals surface area contributed by atoms with Gasteiger partial charge < -0.3 is 11.1 Å². The lowest BCUT2D eigenvalue weighted by Gasteiger charge is -2.12. The number of amidine groups is 1. The summed E-state index contributed by atoms with van der Waals surface area (Å²) in [5.74, 6) is -0.269. The molecule has 5 N–H and O–H groups in total. The molecule has 4 aromatic carbocycles. The van der Waals surface area contributed by atoms with E-state index in [9.17, 15) is 13.2 Å². The van der Waals surface area contributed by atoms with E-state index in [4.69, 9.17) is 22.7 Å². The van der Waals surface area contributed by atoms with Crippen molar-refractivity contribution in [1.29, 1.82) is 5.41 Å². The van der Waals surface area contributed by atoms with Gasteiger partial charge in [-0.15, -0.1) is 0 Å². The van der Waals surface area contributed by atoms with Crippen LogP contribution in [0, 0.1) is 5.41 Å². The van der Waals surface area contributed by atoms with E-state index in [1.54, 1.807) is 66.7 Å². The highest BCUT2D eigenvalue weighted by molar-refractivity contribution is 7.92. The van der Waals surface area contributed by atoms with E-state index < -0.39 is 10.0 Å². The van der Waals surface area contributed by atoms with Gasteiger partial charge in [0.2, 0.25) is 0 Å². The number of nitrogens with one attached hydrogen (secondary N) is 3. The third kappa shape index (κ3) is 5.19. The van der Waals surface area contributed by atoms with Gasteiger partial charge in [0, 0.05) is 28.4 Å². The first-order valence-corrected chi connectivity index (χ1v) is 12.1. The maximum atomic E-state index is 12.8. The van der Waals surface area contributed by atoms with Crippen molar-refractivity contribution in [3.05, 3.63) is 107 Å². The molecule has 0 bridgehead atoms. The molecule has 0 spiro atoms. The van der Waals surface area contributed by atoms with Gasteiger partial charge in [0.15, 0.2) is 0 Å². The molecule has 0 saturated carbocycles. The molecule has 0 aliphatic rings. The summed E-state index contributed by atoms with van der Waals surface area (Å²) in [6.45, 7) is 0.310. The fourth-order valence-corrected chi connectivity index (χ4v) is 4.82. The van der Waals surface area contributed by atoms with E-state index in [1.807, 2.05) is 6.07 Å². The Labute approximate surface area is 202 Å². The molecule has 0 atom stereocenters. The number of hydrogen-bond acceptors (Lipinski definition) is 4. The Balaban J connectivity index is 1.52. The molecule has 0 aliphatic carbocycles. The van der Waals surface area contributed by atoms with Crippen LogP contribution in [-0.4, -0.2) is 20.2 Å². The van der Waals surface area contributed by atoms with Crippen molar-refractivity contribution in [3.8, 4) is 0 Å². The zero-order chi connectivity index (χ0) is 24.3. The predicted octanol–water partition coefficient (Wildman–Crippen LogP) is 4.51. The van der Waals surface area contributed by atoms with Crippen LogP contribution in [0.5, 0.6) is 0 Å². The second-order valence-electron chi connectivity index (χ2n) is 7.60. The summed E-state index contributed by atoms with van der Waals surface area (Å²) in [5.41, 5.74) is 7.80. The number of amides is 1. The lowest BCUT2D eigenvalue weighted by atomic mass is 10.0. The normalized spacial score (nSPS) is 11.2. The van der Waals surface area contributed by atoms with Crippen molar-refractivity contribution in [2.45, 2.75) is 11.4 Å². The molecule has 1 amide bonds. The van der Waals surface area contributed by atoms with E-state index in [0.29, 0.717) is 39.2 Å². The summed E-state index contributed by atoms with van der Waals surface area (Å²) in [6, 6.07) is 23.3. The van der Waals surface area contributed by atoms with Crippen LogP contribution in [-0.2, 0) is 16.6 Å². The van der Waals surface area contributed by atoms with Crippen molar-refractivity contribution in [1.82, 2.24) is 5.32 Å². The second-order valence-corrected chi connectivity index (χ2v) is 9.72. The number of anilines is 1. The van der Waals surface area contributed by atoms with Gasteiger partial charge in [-0.25, -0.2) is 8.42 Å². The summed E-state index contributed by atoms with van der Waals surface area (Å²) in [4.78, 5) is 12.9. The van der Waals surface area contributed by atoms with E-state index >= 15 is 0 Å². The number of nitrogen functional groups attached to an aromatic ring is 1. The lowest BCUT2D eigenvalue weighted by Crippen LogP contribution is -2.23. The maximum Gasteiger partial charge on any atom is 0.261 e. The number of halogens is 1. The van der Waals surface area contributed by atoms with Gasteiger partial charge in [0.05, 0.1) is 4.90 Å². The Morgan fingerprint density at radius 2 is 1.68 bits per heavy atom. The third-order valence-electron chi connectivity index (χ3n) is 5.20. The number of nitrogens with two attached hydrogens (primary N) is 1. The summed E-state index contributed by atoms with van der Waals surface area (Å²) >= 11 is 5.92. The van der Waals surface area contributed by atoms with Crippen LogP contribution in [0.3, 0.4) is 0 Å². The molecule has 0 fully saturated rings. The largest absolute Gasteiger partial charge is 0.384 e. The van der Waals surface area contributed by atoms with Gasteiger partial charge in [-0.1, -0.05) is 60.1 Å². The number of carbonyl (C=O) groups is 1. The molecule has 0 radical (unpaired) electrons. The standard InChI is InChI=1S/C25H21ClN4O3S/c26-19-4-2-5-21(14-19)34(32,33)30-20-11-12-22-18(13-20)3-1-6-23(22)25(31)29-15-16-7-9-17(10-8-16)24(27)28/h1-14,30H,15H2,(H3,27,28)(H,29,31). The van der Waals surface area contributed by atoms with Crippen LogP contribution in [0.15, 0.2) is 89.8 Å². The van der Waals surface area contributed by atoms with Crippen molar-refractivity contribution >= 4 is 49.8 Å². The van der Waals surface area contributed by atoms with E-state index in [2.05, 4.69) is 10.0 Å². The fraction of sp³-hybridized carbons (Fsp3) is 0.0400. The molecule has 0 unspecified atom stereocenters. The lowest BCUT2D eigenvalue weighted by molar-refractivity contribution is 0.0952. The second kappa shape index (κ2) is 9.54. The monoisotopic (exact) mass is 492 g/mol. The zero-order valence-electron chi connectivity index (χ0n) is 17.9. The maximum absolute atomic E-state index is 12.8. The molecule has 34 heavy (non-hydrogen) atoms. The average molecular weight is 493 g/mol. The number of fused-ring (bicyclic) bond motifs is 1. The van der Waals surface area contributed by atoms with E-state index in [0.717, 1.165) is 5.56 Å². The first-order valence-electron chi connectivity index (χ1n) is 10.3. The van der Waals surface area contributed by atoms with Gasteiger partial charge >= 0.3 is 0 Å². The zero-order valence-corrected chi connectivity index (χ0v) is 19.5. The third-order valence-corrected chi connectivity index (χ3v) is 6.82. The van der Waals surface area contributed by atoms with Crippen molar-refractivity contribution < 1.29 is 13.2 Å². The SMILES string of the molecule is N=C(N)c1ccc(CNC(=O)c2cccc3cc(NS(=O)(=O)c4cccc(Cl)c4)ccc23)cc1. The summed E-state index contributed by atoms with van der Waals surface area (Å²) in [7, 11) is -3.81. The fourth-order valence-electron chi connectivity index (χ4n) is 3.47. The highest BCUT2D eigenvalue weighted by Gasteiger charge is 2.16. The number of rotatable bonds is 7. The van der Waals surface area contributed by atoms with Gasteiger partial charge in [-0.3, -0.25) is 14.9 Å². The first kappa shape index (κ1) is 23.3. The van der Waals surface area contributed by atoms with Gasteiger partial charge in [0.25, 0.3) is 15.9 Å². The van der Waals surface area contributed by atoms with Gasteiger partial charge in [0.1, 0.15) is 5.84 Å². The minimum absolute atomic E-state index is 0.0134. The van der Waals surface area contributed by atoms with Gasteiger partial charge in [-0.05, 0) is 52.7 Å². The highest BCUT2D eigenvalue weighted by Crippen LogP contribution is 2.25. The highest BCUT2D eigenvalue weighted by atomic mass is 35.5. The Morgan fingerprint density at radius 1 is 0.941 bits per heavy atom. The molecule has 4 rings (SSSR count). The van der Waals surface area contributed by atoms with Crippen molar-refractivity contribution in [2.24, 2.45) is 5.73 Å². The molecule has 9 heteroatoms. The van der Waals surface area contributed by atoms with Crippen molar-refractivity contribution in [3.63, 3.8) is 0 Å². The molecule has 0 heterocycles. The molecular weight excluding hydrogens is 472 g/mol. The minimum Gasteiger partial charge on any atom is -0.384 e. The molecule has 4 aromatic rings. The summed E-state index contributed by atoms with van der Waals surface area (Å²) in [6.07, 6.45) is 0. The quantitative estimate of drug-likeness (QED) is 0.224. The topological polar surface area (TPSA) is 125 Å². The number of carbonyl (C=O) groups excluding carboxylic acids is 1. The smallest absolute Gasteiger partial charge is 0.261 e. The van der Waals surface area contributed by atoms with Crippen LogP contribution >= 0.6 is 11.6 Å². The number of sulfonamides is 1. The average Bonchev–Trinajstić information content (AvgIpc) is 2.82. The Morgan fingerprint density at radius 3 is 2.38 bits per heavy atom. The minimum atomic E-state index is -3.81. The Bertz CT molecular complexity index is 1500. The molecule has 7 nitrogen and oxygen atoms in total. The van der Waals surface area contributed by atoms with Crippen LogP contribution in [0.25, 0.3) is 10.8 Å².